The van der Waals surface area contributed by atoms with Crippen molar-refractivity contribution in [2.75, 3.05) is 14.2 Å². The molecule has 1 N–H and O–H groups in total. The van der Waals surface area contributed by atoms with Crippen molar-refractivity contribution < 1.29 is 13.9 Å². The first-order chi connectivity index (χ1) is 11.7. The Hall–Kier alpha value is -2.01. The topological polar surface area (TPSA) is 56.5 Å². The van der Waals surface area contributed by atoms with Crippen LogP contribution < -0.4 is 14.8 Å². The van der Waals surface area contributed by atoms with E-state index in [2.05, 4.69) is 24.4 Å². The second-order valence-electron chi connectivity index (χ2n) is 6.58. The first kappa shape index (κ1) is 15.5. The van der Waals surface area contributed by atoms with Crippen molar-refractivity contribution in [1.29, 1.82) is 0 Å². The molecule has 0 amide bonds. The molecule has 24 heavy (non-hydrogen) atoms. The summed E-state index contributed by atoms with van der Waals surface area (Å²) in [5, 5.41) is 3.65. The first-order valence-electron chi connectivity index (χ1n) is 8.71. The van der Waals surface area contributed by atoms with Gasteiger partial charge in [0, 0.05) is 19.0 Å². The van der Waals surface area contributed by atoms with E-state index in [0.717, 1.165) is 61.1 Å². The number of nitrogens with zero attached hydrogens (tertiary/aromatic N) is 1. The summed E-state index contributed by atoms with van der Waals surface area (Å²) in [6.07, 6.45) is 4.07. The SMILES string of the molecule is CCCc1nc2c(o1)[C@@H]1c3cc(OC)c(OC)cc3CC[C@H]1NC2. The zero-order valence-electron chi connectivity index (χ0n) is 14.5. The molecule has 2 aromatic rings. The van der Waals surface area contributed by atoms with Gasteiger partial charge in [-0.05, 0) is 42.5 Å². The van der Waals surface area contributed by atoms with Gasteiger partial charge in [0.1, 0.15) is 5.76 Å². The molecule has 2 atom stereocenters. The average Bonchev–Trinajstić information content (AvgIpc) is 3.03. The van der Waals surface area contributed by atoms with Crippen molar-refractivity contribution in [3.8, 4) is 11.5 Å². The second kappa shape index (κ2) is 6.13. The van der Waals surface area contributed by atoms with Gasteiger partial charge in [-0.3, -0.25) is 0 Å². The number of rotatable bonds is 4. The number of benzene rings is 1. The summed E-state index contributed by atoms with van der Waals surface area (Å²) < 4.78 is 17.2. The molecule has 0 saturated heterocycles. The zero-order chi connectivity index (χ0) is 16.7. The molecule has 5 nitrogen and oxygen atoms in total. The van der Waals surface area contributed by atoms with Crippen LogP contribution in [0.2, 0.25) is 0 Å². The Labute approximate surface area is 142 Å². The van der Waals surface area contributed by atoms with Crippen molar-refractivity contribution in [3.63, 3.8) is 0 Å². The van der Waals surface area contributed by atoms with Crippen molar-refractivity contribution in [1.82, 2.24) is 10.3 Å². The van der Waals surface area contributed by atoms with Gasteiger partial charge in [-0.15, -0.1) is 0 Å². The fourth-order valence-electron chi connectivity index (χ4n) is 4.01. The maximum Gasteiger partial charge on any atom is 0.194 e. The van der Waals surface area contributed by atoms with Crippen LogP contribution in [0.1, 0.15) is 54.2 Å². The molecule has 0 unspecified atom stereocenters. The van der Waals surface area contributed by atoms with Crippen LogP contribution in [0.25, 0.3) is 0 Å². The van der Waals surface area contributed by atoms with Crippen LogP contribution in [-0.2, 0) is 19.4 Å². The van der Waals surface area contributed by atoms with Gasteiger partial charge in [0.15, 0.2) is 17.4 Å². The molecule has 1 aromatic heterocycles. The van der Waals surface area contributed by atoms with Gasteiger partial charge in [0.25, 0.3) is 0 Å². The molecule has 1 aliphatic heterocycles. The first-order valence-corrected chi connectivity index (χ1v) is 8.71. The zero-order valence-corrected chi connectivity index (χ0v) is 14.5. The van der Waals surface area contributed by atoms with E-state index in [4.69, 9.17) is 18.9 Å². The standard InChI is InChI=1S/C19H24N2O3/c1-4-5-17-21-14-10-20-13-7-6-11-8-15(22-2)16(23-3)9-12(11)18(13)19(14)24-17/h8-9,13,18,20H,4-7,10H2,1-3H3/t13-,18-/m1/s1. The van der Waals surface area contributed by atoms with Crippen molar-refractivity contribution >= 4 is 0 Å². The smallest absolute Gasteiger partial charge is 0.194 e. The molecule has 0 saturated carbocycles. The Morgan fingerprint density at radius 1 is 1.25 bits per heavy atom. The predicted octanol–water partition coefficient (Wildman–Crippen LogP) is 3.19. The van der Waals surface area contributed by atoms with Crippen LogP contribution in [-0.4, -0.2) is 25.2 Å². The van der Waals surface area contributed by atoms with Crippen molar-refractivity contribution in [2.45, 2.75) is 51.1 Å². The van der Waals surface area contributed by atoms with E-state index < -0.39 is 0 Å². The third-order valence-corrected chi connectivity index (χ3v) is 5.16. The van der Waals surface area contributed by atoms with E-state index in [-0.39, 0.29) is 5.92 Å². The molecule has 1 aromatic carbocycles. The van der Waals surface area contributed by atoms with E-state index in [0.29, 0.717) is 6.04 Å². The highest BCUT2D eigenvalue weighted by Gasteiger charge is 2.39. The minimum Gasteiger partial charge on any atom is -0.493 e. The minimum absolute atomic E-state index is 0.204. The number of hydrogen-bond donors (Lipinski definition) is 1. The molecule has 1 aliphatic carbocycles. The average molecular weight is 328 g/mol. The number of ether oxygens (including phenoxy) is 2. The molecular formula is C19H24N2O3. The molecule has 0 spiro atoms. The molecular weight excluding hydrogens is 304 g/mol. The predicted molar refractivity (Wildman–Crippen MR) is 90.8 cm³/mol. The van der Waals surface area contributed by atoms with Gasteiger partial charge in [-0.2, -0.15) is 0 Å². The highest BCUT2D eigenvalue weighted by atomic mass is 16.5. The Morgan fingerprint density at radius 2 is 2.04 bits per heavy atom. The number of methoxy groups -OCH3 is 2. The van der Waals surface area contributed by atoms with E-state index in [1.807, 2.05) is 0 Å². The molecule has 0 radical (unpaired) electrons. The van der Waals surface area contributed by atoms with Crippen LogP contribution in [0.15, 0.2) is 16.5 Å². The van der Waals surface area contributed by atoms with Crippen LogP contribution >= 0.6 is 0 Å². The van der Waals surface area contributed by atoms with Crippen LogP contribution in [0.4, 0.5) is 0 Å². The quantitative estimate of drug-likeness (QED) is 0.934. The van der Waals surface area contributed by atoms with E-state index in [1.54, 1.807) is 14.2 Å². The summed E-state index contributed by atoms with van der Waals surface area (Å²) in [5.41, 5.74) is 3.65. The Balaban J connectivity index is 1.82. The third kappa shape index (κ3) is 2.38. The molecule has 5 heteroatoms. The number of fused-ring (bicyclic) bond motifs is 5. The number of hydrogen-bond acceptors (Lipinski definition) is 5. The largest absolute Gasteiger partial charge is 0.493 e. The Morgan fingerprint density at radius 3 is 2.79 bits per heavy atom. The lowest BCUT2D eigenvalue weighted by atomic mass is 9.75. The van der Waals surface area contributed by atoms with Crippen molar-refractivity contribution in [2.24, 2.45) is 0 Å². The van der Waals surface area contributed by atoms with Gasteiger partial charge in [0.05, 0.1) is 25.8 Å². The maximum absolute atomic E-state index is 6.18. The molecule has 0 bridgehead atoms. The number of oxazole rings is 1. The lowest BCUT2D eigenvalue weighted by Crippen LogP contribution is -2.42. The highest BCUT2D eigenvalue weighted by molar-refractivity contribution is 5.52. The molecule has 4 rings (SSSR count). The minimum atomic E-state index is 0.204. The molecule has 0 fully saturated rings. The molecule has 2 aliphatic rings. The number of aryl methyl sites for hydroxylation is 2. The molecule has 128 valence electrons. The highest BCUT2D eigenvalue weighted by Crippen LogP contribution is 2.44. The van der Waals surface area contributed by atoms with Crippen LogP contribution in [0.5, 0.6) is 11.5 Å². The normalized spacial score (nSPS) is 21.6. The summed E-state index contributed by atoms with van der Waals surface area (Å²) in [6, 6.07) is 4.62. The van der Waals surface area contributed by atoms with Gasteiger partial charge in [0.2, 0.25) is 0 Å². The van der Waals surface area contributed by atoms with Crippen LogP contribution in [0.3, 0.4) is 0 Å². The van der Waals surface area contributed by atoms with Gasteiger partial charge in [-0.25, -0.2) is 4.98 Å². The fraction of sp³-hybridized carbons (Fsp3) is 0.526. The lowest BCUT2D eigenvalue weighted by molar-refractivity contribution is 0.327. The summed E-state index contributed by atoms with van der Waals surface area (Å²) >= 11 is 0. The number of nitrogens with one attached hydrogen (secondary N) is 1. The monoisotopic (exact) mass is 328 g/mol. The van der Waals surface area contributed by atoms with E-state index in [9.17, 15) is 0 Å². The second-order valence-corrected chi connectivity index (χ2v) is 6.58. The van der Waals surface area contributed by atoms with E-state index in [1.165, 1.54) is 11.1 Å². The maximum atomic E-state index is 6.18. The Bertz CT molecular complexity index is 753. The van der Waals surface area contributed by atoms with Crippen molar-refractivity contribution in [3.05, 3.63) is 40.6 Å². The summed E-state index contributed by atoms with van der Waals surface area (Å²) in [6.45, 7) is 2.95. The van der Waals surface area contributed by atoms with Gasteiger partial charge < -0.3 is 19.2 Å². The molecule has 2 heterocycles. The van der Waals surface area contributed by atoms with Gasteiger partial charge in [-0.1, -0.05) is 6.92 Å². The van der Waals surface area contributed by atoms with E-state index >= 15 is 0 Å². The van der Waals surface area contributed by atoms with Crippen LogP contribution in [0, 0.1) is 0 Å². The summed E-state index contributed by atoms with van der Waals surface area (Å²) in [7, 11) is 3.37. The summed E-state index contributed by atoms with van der Waals surface area (Å²) in [5.74, 6) is 3.67. The Kier molecular flexibility index (Phi) is 3.96. The number of aromatic nitrogens is 1. The summed E-state index contributed by atoms with van der Waals surface area (Å²) in [4.78, 5) is 4.70. The fourth-order valence-corrected chi connectivity index (χ4v) is 4.01. The third-order valence-electron chi connectivity index (χ3n) is 5.16. The lowest BCUT2D eigenvalue weighted by Gasteiger charge is -2.36. The van der Waals surface area contributed by atoms with Gasteiger partial charge >= 0.3 is 0 Å².